The van der Waals surface area contributed by atoms with Crippen LogP contribution >= 0.6 is 0 Å². The van der Waals surface area contributed by atoms with Crippen molar-refractivity contribution in [2.24, 2.45) is 5.10 Å². The van der Waals surface area contributed by atoms with Gasteiger partial charge in [0.05, 0.1) is 17.0 Å². The van der Waals surface area contributed by atoms with E-state index >= 15 is 0 Å². The third kappa shape index (κ3) is 3.35. The summed E-state index contributed by atoms with van der Waals surface area (Å²) in [4.78, 5) is 10.9. The van der Waals surface area contributed by atoms with E-state index in [1.165, 1.54) is 12.1 Å². The fourth-order valence-electron chi connectivity index (χ4n) is 1.64. The van der Waals surface area contributed by atoms with Crippen LogP contribution in [0.3, 0.4) is 0 Å². The Morgan fingerprint density at radius 3 is 2.45 bits per heavy atom. The van der Waals surface area contributed by atoms with Crippen LogP contribution in [-0.2, 0) is 0 Å². The van der Waals surface area contributed by atoms with Gasteiger partial charge in [0, 0.05) is 0 Å². The van der Waals surface area contributed by atoms with Crippen LogP contribution < -0.4 is 5.43 Å². The summed E-state index contributed by atoms with van der Waals surface area (Å²) in [6.07, 6.45) is 0. The standard InChI is InChI=1S/C15H14N2O3/c1-10(11-5-7-14(18)8-6-11)16-17-13-4-2-3-12(9-13)15(19)20/h2-9,17-18H,1H3,(H,19,20)/b16-10-. The van der Waals surface area contributed by atoms with Crippen molar-refractivity contribution >= 4 is 17.4 Å². The quantitative estimate of drug-likeness (QED) is 0.589. The summed E-state index contributed by atoms with van der Waals surface area (Å²) in [5.41, 5.74) is 5.21. The zero-order valence-corrected chi connectivity index (χ0v) is 10.9. The molecular formula is C15H14N2O3. The molecule has 20 heavy (non-hydrogen) atoms. The van der Waals surface area contributed by atoms with E-state index in [9.17, 15) is 9.90 Å². The van der Waals surface area contributed by atoms with Gasteiger partial charge < -0.3 is 10.2 Å². The number of benzene rings is 2. The predicted octanol–water partition coefficient (Wildman–Crippen LogP) is 2.93. The summed E-state index contributed by atoms with van der Waals surface area (Å²) in [5.74, 6) is -0.781. The van der Waals surface area contributed by atoms with E-state index in [1.807, 2.05) is 6.92 Å². The Kier molecular flexibility index (Phi) is 4.00. The number of carbonyl (C=O) groups is 1. The summed E-state index contributed by atoms with van der Waals surface area (Å²) < 4.78 is 0. The van der Waals surface area contributed by atoms with E-state index in [4.69, 9.17) is 5.11 Å². The average molecular weight is 270 g/mol. The van der Waals surface area contributed by atoms with E-state index in [0.29, 0.717) is 5.69 Å². The number of hydrazone groups is 1. The van der Waals surface area contributed by atoms with Gasteiger partial charge in [0.15, 0.2) is 0 Å². The summed E-state index contributed by atoms with van der Waals surface area (Å²) in [7, 11) is 0. The van der Waals surface area contributed by atoms with E-state index in [1.54, 1.807) is 36.4 Å². The monoisotopic (exact) mass is 270 g/mol. The van der Waals surface area contributed by atoms with Gasteiger partial charge >= 0.3 is 5.97 Å². The number of hydrogen-bond acceptors (Lipinski definition) is 4. The van der Waals surface area contributed by atoms with Crippen molar-refractivity contribution in [3.05, 3.63) is 59.7 Å². The Morgan fingerprint density at radius 2 is 1.80 bits per heavy atom. The van der Waals surface area contributed by atoms with Crippen LogP contribution in [0.15, 0.2) is 53.6 Å². The van der Waals surface area contributed by atoms with Gasteiger partial charge in [0.1, 0.15) is 5.75 Å². The molecule has 0 saturated heterocycles. The molecular weight excluding hydrogens is 256 g/mol. The van der Waals surface area contributed by atoms with Crippen molar-refractivity contribution in [3.63, 3.8) is 0 Å². The Balaban J connectivity index is 2.14. The Labute approximate surface area is 116 Å². The molecule has 0 spiro atoms. The average Bonchev–Trinajstić information content (AvgIpc) is 2.46. The number of hydrogen-bond donors (Lipinski definition) is 3. The molecule has 0 unspecified atom stereocenters. The third-order valence-corrected chi connectivity index (χ3v) is 2.75. The van der Waals surface area contributed by atoms with E-state index < -0.39 is 5.97 Å². The van der Waals surface area contributed by atoms with Crippen LogP contribution in [0.4, 0.5) is 5.69 Å². The minimum atomic E-state index is -0.979. The minimum absolute atomic E-state index is 0.198. The normalized spacial score (nSPS) is 11.2. The molecule has 2 aromatic rings. The van der Waals surface area contributed by atoms with Crippen LogP contribution in [0.5, 0.6) is 5.75 Å². The smallest absolute Gasteiger partial charge is 0.335 e. The molecule has 5 heteroatoms. The first-order chi connectivity index (χ1) is 9.56. The van der Waals surface area contributed by atoms with Gasteiger partial charge in [-0.1, -0.05) is 6.07 Å². The van der Waals surface area contributed by atoms with Crippen LogP contribution in [0.1, 0.15) is 22.8 Å². The number of aromatic carboxylic acids is 1. The molecule has 0 fully saturated rings. The molecule has 0 atom stereocenters. The Hall–Kier alpha value is -2.82. The Bertz CT molecular complexity index is 648. The maximum Gasteiger partial charge on any atom is 0.335 e. The summed E-state index contributed by atoms with van der Waals surface area (Å²) >= 11 is 0. The third-order valence-electron chi connectivity index (χ3n) is 2.75. The fourth-order valence-corrected chi connectivity index (χ4v) is 1.64. The van der Waals surface area contributed by atoms with E-state index in [2.05, 4.69) is 10.5 Å². The number of rotatable bonds is 4. The molecule has 5 nitrogen and oxygen atoms in total. The fraction of sp³-hybridized carbons (Fsp3) is 0.0667. The highest BCUT2D eigenvalue weighted by Crippen LogP contribution is 2.13. The van der Waals surface area contributed by atoms with Gasteiger partial charge in [0.2, 0.25) is 0 Å². The second-order valence-corrected chi connectivity index (χ2v) is 4.24. The largest absolute Gasteiger partial charge is 0.508 e. The minimum Gasteiger partial charge on any atom is -0.508 e. The van der Waals surface area contributed by atoms with Crippen molar-refractivity contribution < 1.29 is 15.0 Å². The molecule has 0 saturated carbocycles. The topological polar surface area (TPSA) is 81.9 Å². The molecule has 0 aliphatic carbocycles. The van der Waals surface area contributed by atoms with Crippen molar-refractivity contribution in [3.8, 4) is 5.75 Å². The number of carboxylic acids is 1. The number of anilines is 1. The van der Waals surface area contributed by atoms with Gasteiger partial charge in [-0.3, -0.25) is 5.43 Å². The van der Waals surface area contributed by atoms with E-state index in [-0.39, 0.29) is 11.3 Å². The van der Waals surface area contributed by atoms with Crippen molar-refractivity contribution in [2.75, 3.05) is 5.43 Å². The van der Waals surface area contributed by atoms with Crippen molar-refractivity contribution in [1.29, 1.82) is 0 Å². The van der Waals surface area contributed by atoms with Gasteiger partial charge in [-0.25, -0.2) is 4.79 Å². The highest BCUT2D eigenvalue weighted by atomic mass is 16.4. The zero-order chi connectivity index (χ0) is 14.5. The Morgan fingerprint density at radius 1 is 1.10 bits per heavy atom. The van der Waals surface area contributed by atoms with E-state index in [0.717, 1.165) is 11.3 Å². The maximum absolute atomic E-state index is 10.9. The molecule has 0 aliphatic rings. The highest BCUT2D eigenvalue weighted by Gasteiger charge is 2.03. The SMILES string of the molecule is C/C(=N/Nc1cccc(C(=O)O)c1)c1ccc(O)cc1. The maximum atomic E-state index is 10.9. The van der Waals surface area contributed by atoms with Gasteiger partial charge in [-0.05, 0) is 55.0 Å². The molecule has 3 N–H and O–H groups in total. The zero-order valence-electron chi connectivity index (χ0n) is 10.9. The van der Waals surface area contributed by atoms with Gasteiger partial charge in [-0.15, -0.1) is 0 Å². The molecule has 0 amide bonds. The molecule has 0 bridgehead atoms. The van der Waals surface area contributed by atoms with Gasteiger partial charge in [0.25, 0.3) is 0 Å². The number of carboxylic acid groups (broad SMARTS) is 1. The lowest BCUT2D eigenvalue weighted by atomic mass is 10.1. The lowest BCUT2D eigenvalue weighted by Crippen LogP contribution is -2.01. The molecule has 0 aliphatic heterocycles. The van der Waals surface area contributed by atoms with Gasteiger partial charge in [-0.2, -0.15) is 5.10 Å². The van der Waals surface area contributed by atoms with Crippen LogP contribution in [0, 0.1) is 0 Å². The molecule has 0 heterocycles. The molecule has 0 radical (unpaired) electrons. The molecule has 102 valence electrons. The lowest BCUT2D eigenvalue weighted by Gasteiger charge is -2.04. The first-order valence-electron chi connectivity index (χ1n) is 5.99. The highest BCUT2D eigenvalue weighted by molar-refractivity contribution is 5.99. The number of aromatic hydroxyl groups is 1. The first kappa shape index (κ1) is 13.6. The lowest BCUT2D eigenvalue weighted by molar-refractivity contribution is 0.0697. The first-order valence-corrected chi connectivity index (χ1v) is 5.99. The van der Waals surface area contributed by atoms with Crippen LogP contribution in [0.2, 0.25) is 0 Å². The molecule has 2 aromatic carbocycles. The number of nitrogens with one attached hydrogen (secondary N) is 1. The number of nitrogens with zero attached hydrogens (tertiary/aromatic N) is 1. The second-order valence-electron chi connectivity index (χ2n) is 4.24. The molecule has 0 aromatic heterocycles. The molecule has 2 rings (SSSR count). The second kappa shape index (κ2) is 5.88. The summed E-state index contributed by atoms with van der Waals surface area (Å²) in [5, 5.41) is 22.3. The number of phenols is 1. The van der Waals surface area contributed by atoms with Crippen LogP contribution in [-0.4, -0.2) is 21.9 Å². The number of phenolic OH excluding ortho intramolecular Hbond substituents is 1. The van der Waals surface area contributed by atoms with Crippen molar-refractivity contribution in [1.82, 2.24) is 0 Å². The van der Waals surface area contributed by atoms with Crippen LogP contribution in [0.25, 0.3) is 0 Å². The summed E-state index contributed by atoms with van der Waals surface area (Å²) in [6, 6.07) is 13.1. The summed E-state index contributed by atoms with van der Waals surface area (Å²) in [6.45, 7) is 1.82. The predicted molar refractivity (Wildman–Crippen MR) is 77.3 cm³/mol. The van der Waals surface area contributed by atoms with Crippen molar-refractivity contribution in [2.45, 2.75) is 6.92 Å².